The van der Waals surface area contributed by atoms with Gasteiger partial charge in [-0.15, -0.1) is 0 Å². The standard InChI is InChI=1S/C47H54N10O6S/c1-30(2)36-6-3-4-7-37(36)40-8-5-17-55(40)34-25-47(26-34)14-18-54(19-15-47)33-9-10-38(41(23-33)56-42-22-32-11-16-48-44(32)52-39(42)29-51-56)46(58)53-64(61,62)35-24-43(57(59)60)45(50-28-35)49-27-31-12-20-63-21-13-31/h3-4,6-7,9-11,16,22-24,28-31,34,40,51H,5,8,12-15,17-21,25-27H2,1-2H3,(H,49,50)(H,53,58)/t40-/m1/s1. The Kier molecular flexibility index (Phi) is 11.1. The zero-order chi connectivity index (χ0) is 44.2. The number of pyridine rings is 2. The maximum atomic E-state index is 14.2. The number of anilines is 2. The minimum absolute atomic E-state index is 0.0401. The number of carbonyl (C=O) groups is 1. The van der Waals surface area contributed by atoms with Gasteiger partial charge in [-0.25, -0.2) is 28.1 Å². The van der Waals surface area contributed by atoms with Crippen LogP contribution in [0.3, 0.4) is 0 Å². The summed E-state index contributed by atoms with van der Waals surface area (Å²) in [6.07, 6.45) is 13.0. The molecular formula is C47H54N10O6S. The first-order chi connectivity index (χ1) is 30.9. The Morgan fingerprint density at radius 2 is 1.81 bits per heavy atom. The quantitative estimate of drug-likeness (QED) is 0.0797. The topological polar surface area (TPSA) is 194 Å². The summed E-state index contributed by atoms with van der Waals surface area (Å²) in [5.74, 6) is -0.208. The van der Waals surface area contributed by atoms with Gasteiger partial charge in [0.15, 0.2) is 5.65 Å². The molecule has 1 saturated carbocycles. The second-order valence-corrected chi connectivity index (χ2v) is 20.1. The number of ether oxygens (including phenoxy) is 1. The number of nitrogens with one attached hydrogen (secondary N) is 3. The molecule has 0 bridgehead atoms. The Bertz CT molecular complexity index is 2840. The Labute approximate surface area is 372 Å². The lowest BCUT2D eigenvalue weighted by Crippen LogP contribution is -2.55. The van der Waals surface area contributed by atoms with Gasteiger partial charge in [-0.3, -0.25) is 29.6 Å². The Morgan fingerprint density at radius 1 is 1.02 bits per heavy atom. The van der Waals surface area contributed by atoms with Crippen molar-refractivity contribution in [3.8, 4) is 5.69 Å². The van der Waals surface area contributed by atoms with Crippen LogP contribution >= 0.6 is 0 Å². The number of carbonyl (C=O) groups excluding carboxylic acids is 1. The number of nitrogens with zero attached hydrogens (tertiary/aromatic N) is 7. The number of fused-ring (bicyclic) bond motifs is 2. The summed E-state index contributed by atoms with van der Waals surface area (Å²) in [6.45, 7) is 9.10. The van der Waals surface area contributed by atoms with E-state index < -0.39 is 31.4 Å². The first-order valence-electron chi connectivity index (χ1n) is 22.5. The largest absolute Gasteiger partial charge is 0.381 e. The summed E-state index contributed by atoms with van der Waals surface area (Å²) in [7, 11) is -4.61. The number of H-pyrrole nitrogens is 1. The molecule has 1 amide bonds. The Morgan fingerprint density at radius 3 is 2.59 bits per heavy atom. The second kappa shape index (κ2) is 16.9. The molecule has 0 unspecified atom stereocenters. The lowest BCUT2D eigenvalue weighted by Gasteiger charge is -2.56. The lowest BCUT2D eigenvalue weighted by molar-refractivity contribution is -0.384. The number of aromatic nitrogens is 5. The van der Waals surface area contributed by atoms with Gasteiger partial charge in [-0.05, 0) is 117 Å². The van der Waals surface area contributed by atoms with Crippen LogP contribution in [-0.2, 0) is 14.8 Å². The van der Waals surface area contributed by atoms with E-state index in [0.29, 0.717) is 65.5 Å². The fourth-order valence-electron chi connectivity index (χ4n) is 10.7. The number of aromatic amines is 1. The van der Waals surface area contributed by atoms with E-state index in [1.807, 2.05) is 24.3 Å². The molecule has 3 aliphatic heterocycles. The number of benzene rings is 2. The molecule has 1 atom stereocenters. The summed E-state index contributed by atoms with van der Waals surface area (Å²) < 4.78 is 36.9. The molecule has 2 aromatic carbocycles. The van der Waals surface area contributed by atoms with Crippen LogP contribution in [0, 0.1) is 21.4 Å². The number of hydrogen-bond acceptors (Lipinski definition) is 12. The highest BCUT2D eigenvalue weighted by Crippen LogP contribution is 2.54. The van der Waals surface area contributed by atoms with Crippen LogP contribution in [0.2, 0.25) is 0 Å². The molecule has 4 aromatic heterocycles. The zero-order valence-electron chi connectivity index (χ0n) is 36.2. The number of hydrogen-bond donors (Lipinski definition) is 3. The molecule has 64 heavy (non-hydrogen) atoms. The van der Waals surface area contributed by atoms with E-state index in [0.717, 1.165) is 68.7 Å². The average molecular weight is 887 g/mol. The highest BCUT2D eigenvalue weighted by Gasteiger charge is 2.50. The molecule has 4 aliphatic rings. The number of sulfonamides is 1. The fraction of sp³-hybridized carbons (Fsp3) is 0.447. The van der Waals surface area contributed by atoms with Gasteiger partial charge in [-0.1, -0.05) is 38.1 Å². The van der Waals surface area contributed by atoms with Crippen LogP contribution in [0.1, 0.15) is 98.7 Å². The van der Waals surface area contributed by atoms with E-state index in [2.05, 4.69) is 73.0 Å². The van der Waals surface area contributed by atoms with Gasteiger partial charge in [0.25, 0.3) is 15.9 Å². The van der Waals surface area contributed by atoms with Crippen LogP contribution in [0.25, 0.3) is 27.8 Å². The molecule has 3 N–H and O–H groups in total. The molecular weight excluding hydrogens is 833 g/mol. The SMILES string of the molecule is CC(C)c1ccccc1[C@H]1CCCN1C1CC2(CCN(c3ccc(C(=O)NS(=O)(=O)c4cnc(NCC5CCOCC5)c([N+](=O)[O-])c4)c(-n4[nH]cc5nc6nccc6cc54)c3)CC2)C1. The van der Waals surface area contributed by atoms with E-state index in [1.54, 1.807) is 23.1 Å². The molecule has 1 spiro atoms. The summed E-state index contributed by atoms with van der Waals surface area (Å²) in [5.41, 5.74) is 6.05. The maximum Gasteiger partial charge on any atom is 0.312 e. The third-order valence-electron chi connectivity index (χ3n) is 14.3. The molecule has 10 rings (SSSR count). The van der Waals surface area contributed by atoms with Crippen molar-refractivity contribution in [2.75, 3.05) is 49.6 Å². The summed E-state index contributed by atoms with van der Waals surface area (Å²) >= 11 is 0. The summed E-state index contributed by atoms with van der Waals surface area (Å²) in [5, 5.41) is 19.2. The first kappa shape index (κ1) is 42.1. The molecule has 0 radical (unpaired) electrons. The van der Waals surface area contributed by atoms with Crippen molar-refractivity contribution < 1.29 is 22.9 Å². The van der Waals surface area contributed by atoms with Gasteiger partial charge < -0.3 is 15.0 Å². The van der Waals surface area contributed by atoms with Crippen molar-refractivity contribution in [3.05, 3.63) is 106 Å². The Balaban J connectivity index is 0.886. The number of nitro groups is 1. The molecule has 16 nitrogen and oxygen atoms in total. The van der Waals surface area contributed by atoms with Gasteiger partial charge in [-0.2, -0.15) is 0 Å². The predicted molar refractivity (Wildman–Crippen MR) is 244 cm³/mol. The number of piperidine rings is 1. The van der Waals surface area contributed by atoms with Crippen molar-refractivity contribution in [2.45, 2.75) is 88.1 Å². The number of rotatable bonds is 12. The third-order valence-corrected chi connectivity index (χ3v) is 15.6. The van der Waals surface area contributed by atoms with E-state index >= 15 is 0 Å². The van der Waals surface area contributed by atoms with Gasteiger partial charge >= 0.3 is 5.69 Å². The first-order valence-corrected chi connectivity index (χ1v) is 24.0. The van der Waals surface area contributed by atoms with E-state index in [4.69, 9.17) is 9.72 Å². The highest BCUT2D eigenvalue weighted by atomic mass is 32.2. The van der Waals surface area contributed by atoms with Crippen molar-refractivity contribution in [1.82, 2.24) is 34.4 Å². The van der Waals surface area contributed by atoms with Crippen molar-refractivity contribution >= 4 is 55.2 Å². The average Bonchev–Trinajstić information content (AvgIpc) is 4.07. The monoisotopic (exact) mass is 886 g/mol. The predicted octanol–water partition coefficient (Wildman–Crippen LogP) is 7.87. The van der Waals surface area contributed by atoms with Gasteiger partial charge in [0.05, 0.1) is 27.9 Å². The van der Waals surface area contributed by atoms with Gasteiger partial charge in [0.2, 0.25) is 5.82 Å². The molecule has 334 valence electrons. The summed E-state index contributed by atoms with van der Waals surface area (Å²) in [6, 6.07) is 20.2. The molecule has 7 heterocycles. The Hall–Kier alpha value is -5.91. The molecule has 4 fully saturated rings. The van der Waals surface area contributed by atoms with Crippen molar-refractivity contribution in [2.24, 2.45) is 11.3 Å². The van der Waals surface area contributed by atoms with Gasteiger partial charge in [0, 0.05) is 74.5 Å². The van der Waals surface area contributed by atoms with Gasteiger partial charge in [0.1, 0.15) is 10.4 Å². The number of amides is 1. The molecule has 1 aliphatic carbocycles. The molecule has 3 saturated heterocycles. The minimum atomic E-state index is -4.61. The van der Waals surface area contributed by atoms with Crippen LogP contribution in [0.15, 0.2) is 84.1 Å². The van der Waals surface area contributed by atoms with E-state index in [1.165, 1.54) is 36.8 Å². The molecule has 6 aromatic rings. The van der Waals surface area contributed by atoms with Crippen molar-refractivity contribution in [3.63, 3.8) is 0 Å². The number of likely N-dealkylation sites (tertiary alicyclic amines) is 1. The van der Waals surface area contributed by atoms with Crippen molar-refractivity contribution in [1.29, 1.82) is 0 Å². The molecule has 17 heteroatoms. The van der Waals surface area contributed by atoms with Crippen LogP contribution in [0.4, 0.5) is 17.2 Å². The third kappa shape index (κ3) is 7.98. The summed E-state index contributed by atoms with van der Waals surface area (Å²) in [4.78, 5) is 43.5. The normalized spacial score (nSPS) is 19.7. The lowest BCUT2D eigenvalue weighted by atomic mass is 9.59. The smallest absolute Gasteiger partial charge is 0.312 e. The second-order valence-electron chi connectivity index (χ2n) is 18.5. The van der Waals surface area contributed by atoms with Crippen LogP contribution in [-0.4, -0.2) is 94.3 Å². The van der Waals surface area contributed by atoms with Crippen LogP contribution in [0.5, 0.6) is 0 Å². The van der Waals surface area contributed by atoms with Crippen LogP contribution < -0.4 is 14.9 Å². The van der Waals surface area contributed by atoms with E-state index in [9.17, 15) is 23.3 Å². The maximum absolute atomic E-state index is 14.2. The zero-order valence-corrected chi connectivity index (χ0v) is 37.0. The van der Waals surface area contributed by atoms with E-state index in [-0.39, 0.29) is 17.3 Å². The fourth-order valence-corrected chi connectivity index (χ4v) is 11.6. The minimum Gasteiger partial charge on any atom is -0.381 e. The highest BCUT2D eigenvalue weighted by molar-refractivity contribution is 7.90.